The van der Waals surface area contributed by atoms with E-state index in [1.54, 1.807) is 28.4 Å². The molecule has 1 aliphatic heterocycles. The lowest BCUT2D eigenvalue weighted by Gasteiger charge is -2.34. The number of aryl methyl sites for hydroxylation is 1. The SMILES string of the molecule is Cn1cncc1C(=O)N1CCN(c2nc3ccc(Br)cc3s2)CC1. The number of anilines is 1. The van der Waals surface area contributed by atoms with Crippen molar-refractivity contribution in [2.24, 2.45) is 7.05 Å². The van der Waals surface area contributed by atoms with Crippen LogP contribution in [0.3, 0.4) is 0 Å². The van der Waals surface area contributed by atoms with Crippen LogP contribution in [0.2, 0.25) is 0 Å². The molecule has 3 heterocycles. The Morgan fingerprint density at radius 2 is 2.04 bits per heavy atom. The monoisotopic (exact) mass is 405 g/mol. The first-order chi connectivity index (χ1) is 11.6. The first-order valence-electron chi connectivity index (χ1n) is 7.68. The van der Waals surface area contributed by atoms with Crippen LogP contribution >= 0.6 is 27.3 Å². The second-order valence-electron chi connectivity index (χ2n) is 5.78. The number of benzene rings is 1. The second-order valence-corrected chi connectivity index (χ2v) is 7.70. The summed E-state index contributed by atoms with van der Waals surface area (Å²) in [5.41, 5.74) is 1.65. The number of hydrogen-bond acceptors (Lipinski definition) is 5. The van der Waals surface area contributed by atoms with E-state index < -0.39 is 0 Å². The van der Waals surface area contributed by atoms with Crippen molar-refractivity contribution < 1.29 is 4.79 Å². The number of aromatic nitrogens is 3. The summed E-state index contributed by atoms with van der Waals surface area (Å²) in [6.45, 7) is 2.99. The predicted molar refractivity (Wildman–Crippen MR) is 98.6 cm³/mol. The molecule has 8 heteroatoms. The highest BCUT2D eigenvalue weighted by Crippen LogP contribution is 2.31. The zero-order valence-corrected chi connectivity index (χ0v) is 15.5. The lowest BCUT2D eigenvalue weighted by molar-refractivity contribution is 0.0737. The van der Waals surface area contributed by atoms with Gasteiger partial charge in [-0.25, -0.2) is 9.97 Å². The summed E-state index contributed by atoms with van der Waals surface area (Å²) in [5.74, 6) is 0.0443. The number of hydrogen-bond donors (Lipinski definition) is 0. The fraction of sp³-hybridized carbons (Fsp3) is 0.312. The van der Waals surface area contributed by atoms with Crippen molar-refractivity contribution in [2.45, 2.75) is 0 Å². The van der Waals surface area contributed by atoms with Gasteiger partial charge in [-0.2, -0.15) is 0 Å². The van der Waals surface area contributed by atoms with E-state index in [0.717, 1.165) is 28.2 Å². The summed E-state index contributed by atoms with van der Waals surface area (Å²) < 4.78 is 4.00. The fourth-order valence-corrected chi connectivity index (χ4v) is 4.42. The molecule has 6 nitrogen and oxygen atoms in total. The number of rotatable bonds is 2. The normalized spacial score (nSPS) is 15.2. The van der Waals surface area contributed by atoms with E-state index in [1.807, 2.05) is 24.1 Å². The molecule has 124 valence electrons. The third-order valence-corrected chi connectivity index (χ3v) is 5.78. The van der Waals surface area contributed by atoms with Crippen LogP contribution in [0.15, 0.2) is 35.2 Å². The van der Waals surface area contributed by atoms with Crippen molar-refractivity contribution in [3.05, 3.63) is 40.9 Å². The van der Waals surface area contributed by atoms with Gasteiger partial charge < -0.3 is 14.4 Å². The largest absolute Gasteiger partial charge is 0.345 e. The Kier molecular flexibility index (Phi) is 4.01. The molecular weight excluding hydrogens is 390 g/mol. The van der Waals surface area contributed by atoms with Crippen molar-refractivity contribution in [3.8, 4) is 0 Å². The molecule has 0 aliphatic carbocycles. The second kappa shape index (κ2) is 6.18. The highest BCUT2D eigenvalue weighted by molar-refractivity contribution is 9.10. The van der Waals surface area contributed by atoms with Crippen molar-refractivity contribution in [1.29, 1.82) is 0 Å². The van der Waals surface area contributed by atoms with Gasteiger partial charge in [0.25, 0.3) is 5.91 Å². The molecule has 1 aromatic carbocycles. The fourth-order valence-electron chi connectivity index (χ4n) is 2.85. The lowest BCUT2D eigenvalue weighted by atomic mass is 10.3. The van der Waals surface area contributed by atoms with E-state index in [-0.39, 0.29) is 5.91 Å². The summed E-state index contributed by atoms with van der Waals surface area (Å²) in [6, 6.07) is 6.14. The molecule has 0 spiro atoms. The van der Waals surface area contributed by atoms with Crippen molar-refractivity contribution in [3.63, 3.8) is 0 Å². The molecular formula is C16H16BrN5OS. The molecule has 2 aromatic heterocycles. The minimum atomic E-state index is 0.0443. The maximum atomic E-state index is 12.5. The van der Waals surface area contributed by atoms with Crippen LogP contribution in [0.1, 0.15) is 10.5 Å². The molecule has 24 heavy (non-hydrogen) atoms. The van der Waals surface area contributed by atoms with Crippen molar-refractivity contribution in [1.82, 2.24) is 19.4 Å². The van der Waals surface area contributed by atoms with Crippen LogP contribution in [0.5, 0.6) is 0 Å². The molecule has 1 fully saturated rings. The molecule has 0 N–H and O–H groups in total. The third kappa shape index (κ3) is 2.80. The summed E-state index contributed by atoms with van der Waals surface area (Å²) >= 11 is 5.20. The van der Waals surface area contributed by atoms with E-state index in [0.29, 0.717) is 18.8 Å². The number of nitrogens with zero attached hydrogens (tertiary/aromatic N) is 5. The van der Waals surface area contributed by atoms with Crippen LogP contribution in [-0.2, 0) is 7.05 Å². The number of fused-ring (bicyclic) bond motifs is 1. The Hall–Kier alpha value is -1.93. The minimum Gasteiger partial charge on any atom is -0.345 e. The Bertz CT molecular complexity index is 897. The summed E-state index contributed by atoms with van der Waals surface area (Å²) in [4.78, 5) is 25.4. The molecule has 1 amide bonds. The molecule has 0 unspecified atom stereocenters. The van der Waals surface area contributed by atoms with Crippen molar-refractivity contribution in [2.75, 3.05) is 31.1 Å². The van der Waals surface area contributed by atoms with Crippen LogP contribution < -0.4 is 4.90 Å². The Balaban J connectivity index is 1.47. The number of amides is 1. The Morgan fingerprint density at radius 1 is 1.25 bits per heavy atom. The Morgan fingerprint density at radius 3 is 2.75 bits per heavy atom. The van der Waals surface area contributed by atoms with Gasteiger partial charge in [-0.3, -0.25) is 4.79 Å². The van der Waals surface area contributed by atoms with Crippen LogP contribution in [0.25, 0.3) is 10.2 Å². The number of thiazole rings is 1. The van der Waals surface area contributed by atoms with Gasteiger partial charge in [0.1, 0.15) is 5.69 Å². The zero-order chi connectivity index (χ0) is 16.7. The zero-order valence-electron chi connectivity index (χ0n) is 13.1. The number of piperazine rings is 1. The molecule has 1 saturated heterocycles. The highest BCUT2D eigenvalue weighted by Gasteiger charge is 2.25. The third-order valence-electron chi connectivity index (χ3n) is 4.21. The van der Waals surface area contributed by atoms with Gasteiger partial charge in [-0.1, -0.05) is 27.3 Å². The van der Waals surface area contributed by atoms with E-state index in [9.17, 15) is 4.79 Å². The Labute approximate surface area is 151 Å². The topological polar surface area (TPSA) is 54.3 Å². The summed E-state index contributed by atoms with van der Waals surface area (Å²) in [6.07, 6.45) is 3.28. The van der Waals surface area contributed by atoms with Crippen molar-refractivity contribution >= 4 is 48.5 Å². The van der Waals surface area contributed by atoms with Gasteiger partial charge >= 0.3 is 0 Å². The van der Waals surface area contributed by atoms with Crippen LogP contribution in [-0.4, -0.2) is 51.5 Å². The average Bonchev–Trinajstić information content (AvgIpc) is 3.20. The number of halogens is 1. The van der Waals surface area contributed by atoms with Gasteiger partial charge in [0.05, 0.1) is 22.7 Å². The minimum absolute atomic E-state index is 0.0443. The molecule has 3 aromatic rings. The van der Waals surface area contributed by atoms with Crippen LogP contribution in [0, 0.1) is 0 Å². The first-order valence-corrected chi connectivity index (χ1v) is 9.29. The van der Waals surface area contributed by atoms with Crippen LogP contribution in [0.4, 0.5) is 5.13 Å². The van der Waals surface area contributed by atoms with Gasteiger partial charge in [-0.05, 0) is 18.2 Å². The van der Waals surface area contributed by atoms with E-state index in [1.165, 1.54) is 4.70 Å². The number of carbonyl (C=O) groups is 1. The van der Waals surface area contributed by atoms with E-state index >= 15 is 0 Å². The predicted octanol–water partition coefficient (Wildman–Crippen LogP) is 2.75. The van der Waals surface area contributed by atoms with Gasteiger partial charge in [-0.15, -0.1) is 0 Å². The average molecular weight is 406 g/mol. The number of carbonyl (C=O) groups excluding carboxylic acids is 1. The quantitative estimate of drug-likeness (QED) is 0.657. The standard InChI is InChI=1S/C16H16BrN5OS/c1-20-10-18-9-13(20)15(23)21-4-6-22(7-5-21)16-19-12-3-2-11(17)8-14(12)24-16/h2-3,8-10H,4-7H2,1H3. The van der Waals surface area contributed by atoms with E-state index in [4.69, 9.17) is 4.98 Å². The molecule has 4 rings (SSSR count). The molecule has 0 bridgehead atoms. The lowest BCUT2D eigenvalue weighted by Crippen LogP contribution is -2.49. The molecule has 0 radical (unpaired) electrons. The highest BCUT2D eigenvalue weighted by atomic mass is 79.9. The summed E-state index contributed by atoms with van der Waals surface area (Å²) in [7, 11) is 1.84. The molecule has 1 aliphatic rings. The summed E-state index contributed by atoms with van der Waals surface area (Å²) in [5, 5.41) is 1.02. The maximum absolute atomic E-state index is 12.5. The molecule has 0 saturated carbocycles. The van der Waals surface area contributed by atoms with Gasteiger partial charge in [0.15, 0.2) is 5.13 Å². The number of imidazole rings is 1. The van der Waals surface area contributed by atoms with Gasteiger partial charge in [0, 0.05) is 37.7 Å². The maximum Gasteiger partial charge on any atom is 0.272 e. The van der Waals surface area contributed by atoms with Gasteiger partial charge in [0.2, 0.25) is 0 Å². The molecule has 0 atom stereocenters. The first kappa shape index (κ1) is 15.6. The van der Waals surface area contributed by atoms with E-state index in [2.05, 4.69) is 31.9 Å². The smallest absolute Gasteiger partial charge is 0.272 e.